The molecule has 0 saturated carbocycles. The summed E-state index contributed by atoms with van der Waals surface area (Å²) in [4.78, 5) is 14.7. The smallest absolute Gasteiger partial charge is 0.281 e. The first-order valence-electron chi connectivity index (χ1n) is 10.4. The zero-order valence-corrected chi connectivity index (χ0v) is 18.6. The van der Waals surface area contributed by atoms with E-state index in [2.05, 4.69) is 5.32 Å². The maximum absolute atomic E-state index is 13.2. The lowest BCUT2D eigenvalue weighted by Crippen LogP contribution is -2.30. The molecule has 1 aliphatic heterocycles. The van der Waals surface area contributed by atoms with Gasteiger partial charge >= 0.3 is 0 Å². The number of hydrogen-bond acceptors (Lipinski definition) is 4. The van der Waals surface area contributed by atoms with Crippen molar-refractivity contribution in [1.29, 1.82) is 0 Å². The Kier molecular flexibility index (Phi) is 5.46. The second kappa shape index (κ2) is 8.72. The van der Waals surface area contributed by atoms with E-state index in [1.807, 2.05) is 91.1 Å². The standard InChI is InChI=1S/C26H20N4O2S/c1-32-22-14-12-18(13-15-22)24-19(17-29(28-24)20-8-4-2-5-9-20)16-23-25(31)30(26(33)27-23)21-10-6-3-7-11-21/h2-17H,1H3,(H,27,33). The summed E-state index contributed by atoms with van der Waals surface area (Å²) in [5, 5.41) is 8.22. The van der Waals surface area contributed by atoms with E-state index in [9.17, 15) is 4.79 Å². The minimum absolute atomic E-state index is 0.209. The van der Waals surface area contributed by atoms with Crippen LogP contribution in [0.1, 0.15) is 5.56 Å². The summed E-state index contributed by atoms with van der Waals surface area (Å²) in [6, 6.07) is 26.9. The molecule has 5 rings (SSSR count). The summed E-state index contributed by atoms with van der Waals surface area (Å²) in [7, 11) is 1.63. The highest BCUT2D eigenvalue weighted by Crippen LogP contribution is 2.29. The third-order valence-electron chi connectivity index (χ3n) is 5.32. The first-order chi connectivity index (χ1) is 16.1. The quantitative estimate of drug-likeness (QED) is 0.348. The number of carbonyl (C=O) groups is 1. The van der Waals surface area contributed by atoms with E-state index in [1.165, 1.54) is 4.90 Å². The number of nitrogens with zero attached hydrogens (tertiary/aromatic N) is 3. The fourth-order valence-electron chi connectivity index (χ4n) is 3.68. The molecule has 0 bridgehead atoms. The molecule has 4 aromatic rings. The Morgan fingerprint density at radius 3 is 2.18 bits per heavy atom. The molecule has 7 heteroatoms. The maximum Gasteiger partial charge on any atom is 0.281 e. The largest absolute Gasteiger partial charge is 0.497 e. The Hall–Kier alpha value is -4.23. The zero-order chi connectivity index (χ0) is 22.8. The first kappa shape index (κ1) is 20.7. The van der Waals surface area contributed by atoms with E-state index < -0.39 is 0 Å². The second-order valence-corrected chi connectivity index (χ2v) is 7.79. The van der Waals surface area contributed by atoms with Crippen molar-refractivity contribution in [2.75, 3.05) is 12.0 Å². The van der Waals surface area contributed by atoms with E-state index in [-0.39, 0.29) is 5.91 Å². The molecule has 1 amide bonds. The topological polar surface area (TPSA) is 59.4 Å². The fraction of sp³-hybridized carbons (Fsp3) is 0.0385. The molecule has 1 saturated heterocycles. The highest BCUT2D eigenvalue weighted by atomic mass is 32.1. The van der Waals surface area contributed by atoms with Crippen molar-refractivity contribution < 1.29 is 9.53 Å². The van der Waals surface area contributed by atoms with Crippen molar-refractivity contribution in [2.45, 2.75) is 0 Å². The van der Waals surface area contributed by atoms with Crippen molar-refractivity contribution in [1.82, 2.24) is 15.1 Å². The van der Waals surface area contributed by atoms with Crippen LogP contribution in [0.3, 0.4) is 0 Å². The van der Waals surface area contributed by atoms with Gasteiger partial charge in [-0.3, -0.25) is 9.69 Å². The fourth-order valence-corrected chi connectivity index (χ4v) is 3.98. The van der Waals surface area contributed by atoms with Gasteiger partial charge in [-0.15, -0.1) is 0 Å². The van der Waals surface area contributed by atoms with Crippen LogP contribution in [0.15, 0.2) is 96.8 Å². The van der Waals surface area contributed by atoms with E-state index in [0.717, 1.165) is 33.9 Å². The van der Waals surface area contributed by atoms with Crippen LogP contribution < -0.4 is 15.0 Å². The van der Waals surface area contributed by atoms with Crippen LogP contribution in [-0.2, 0) is 4.79 Å². The average Bonchev–Trinajstić information content (AvgIpc) is 3.40. The molecule has 0 unspecified atom stereocenters. The molecule has 162 valence electrons. The van der Waals surface area contributed by atoms with Gasteiger partial charge in [0.25, 0.3) is 5.91 Å². The van der Waals surface area contributed by atoms with E-state index >= 15 is 0 Å². The number of rotatable bonds is 5. The highest BCUT2D eigenvalue weighted by molar-refractivity contribution is 7.80. The van der Waals surface area contributed by atoms with Gasteiger partial charge in [-0.25, -0.2) is 4.68 Å². The van der Waals surface area contributed by atoms with Crippen LogP contribution in [0.4, 0.5) is 5.69 Å². The summed E-state index contributed by atoms with van der Waals surface area (Å²) < 4.78 is 7.09. The van der Waals surface area contributed by atoms with Crippen LogP contribution in [0, 0.1) is 0 Å². The van der Waals surface area contributed by atoms with Gasteiger partial charge < -0.3 is 10.1 Å². The second-order valence-electron chi connectivity index (χ2n) is 7.41. The Morgan fingerprint density at radius 1 is 0.909 bits per heavy atom. The maximum atomic E-state index is 13.2. The normalized spacial score (nSPS) is 14.6. The van der Waals surface area contributed by atoms with Crippen molar-refractivity contribution in [3.05, 3.63) is 102 Å². The number of anilines is 1. The molecular formula is C26H20N4O2S. The van der Waals surface area contributed by atoms with E-state index in [4.69, 9.17) is 22.1 Å². The van der Waals surface area contributed by atoms with Gasteiger partial charge in [-0.1, -0.05) is 36.4 Å². The zero-order valence-electron chi connectivity index (χ0n) is 17.8. The number of amides is 1. The first-order valence-corrected chi connectivity index (χ1v) is 10.8. The number of thiocarbonyl (C=S) groups is 1. The minimum atomic E-state index is -0.209. The summed E-state index contributed by atoms with van der Waals surface area (Å²) in [5.41, 5.74) is 4.48. The molecule has 2 heterocycles. The Labute approximate surface area is 196 Å². The summed E-state index contributed by atoms with van der Waals surface area (Å²) in [6.45, 7) is 0. The lowest BCUT2D eigenvalue weighted by atomic mass is 10.1. The monoisotopic (exact) mass is 452 g/mol. The molecule has 0 atom stereocenters. The Morgan fingerprint density at radius 2 is 1.55 bits per heavy atom. The van der Waals surface area contributed by atoms with Gasteiger partial charge in [-0.05, 0) is 66.8 Å². The Bertz CT molecular complexity index is 1350. The van der Waals surface area contributed by atoms with Crippen LogP contribution in [0.5, 0.6) is 5.75 Å². The highest BCUT2D eigenvalue weighted by Gasteiger charge is 2.32. The van der Waals surface area contributed by atoms with E-state index in [0.29, 0.717) is 10.8 Å². The Balaban J connectivity index is 1.58. The predicted octanol–water partition coefficient (Wildman–Crippen LogP) is 4.81. The average molecular weight is 453 g/mol. The lowest BCUT2D eigenvalue weighted by Gasteiger charge is -2.13. The third kappa shape index (κ3) is 4.02. The molecule has 0 spiro atoms. The van der Waals surface area contributed by atoms with Gasteiger partial charge in [0.2, 0.25) is 0 Å². The number of methoxy groups -OCH3 is 1. The molecule has 6 nitrogen and oxygen atoms in total. The summed E-state index contributed by atoms with van der Waals surface area (Å²) in [6.07, 6.45) is 3.70. The molecule has 1 N–H and O–H groups in total. The molecule has 1 fully saturated rings. The summed E-state index contributed by atoms with van der Waals surface area (Å²) in [5.74, 6) is 0.553. The molecule has 0 aliphatic carbocycles. The van der Waals surface area contributed by atoms with Crippen molar-refractivity contribution in [3.8, 4) is 22.7 Å². The SMILES string of the molecule is COc1ccc(-c2nn(-c3ccccc3)cc2C=C2NC(=S)N(c3ccccc3)C2=O)cc1. The van der Waals surface area contributed by atoms with E-state index in [1.54, 1.807) is 17.9 Å². The van der Waals surface area contributed by atoms with Crippen LogP contribution >= 0.6 is 12.2 Å². The minimum Gasteiger partial charge on any atom is -0.497 e. The van der Waals surface area contributed by atoms with Crippen LogP contribution in [0.25, 0.3) is 23.0 Å². The molecule has 3 aromatic carbocycles. The van der Waals surface area contributed by atoms with Crippen LogP contribution in [0.2, 0.25) is 0 Å². The van der Waals surface area contributed by atoms with Crippen molar-refractivity contribution in [2.24, 2.45) is 0 Å². The van der Waals surface area contributed by atoms with Crippen molar-refractivity contribution >= 4 is 35.0 Å². The van der Waals surface area contributed by atoms with Gasteiger partial charge in [0, 0.05) is 17.3 Å². The molecule has 1 aromatic heterocycles. The number of nitrogens with one attached hydrogen (secondary N) is 1. The molecule has 0 radical (unpaired) electrons. The molecule has 33 heavy (non-hydrogen) atoms. The number of hydrogen-bond donors (Lipinski definition) is 1. The van der Waals surface area contributed by atoms with Crippen LogP contribution in [-0.4, -0.2) is 27.9 Å². The van der Waals surface area contributed by atoms with Crippen molar-refractivity contribution in [3.63, 3.8) is 0 Å². The molecule has 1 aliphatic rings. The number of aromatic nitrogens is 2. The number of para-hydroxylation sites is 2. The van der Waals surface area contributed by atoms with Gasteiger partial charge in [0.15, 0.2) is 5.11 Å². The number of benzene rings is 3. The predicted molar refractivity (Wildman–Crippen MR) is 133 cm³/mol. The van der Waals surface area contributed by atoms with Gasteiger partial charge in [0.05, 0.1) is 18.5 Å². The number of carbonyl (C=O) groups excluding carboxylic acids is 1. The summed E-state index contributed by atoms with van der Waals surface area (Å²) >= 11 is 5.45. The third-order valence-corrected chi connectivity index (χ3v) is 5.60. The van der Waals surface area contributed by atoms with Gasteiger partial charge in [-0.2, -0.15) is 5.10 Å². The van der Waals surface area contributed by atoms with Gasteiger partial charge in [0.1, 0.15) is 17.1 Å². The number of ether oxygens (including phenoxy) is 1. The lowest BCUT2D eigenvalue weighted by molar-refractivity contribution is -0.113. The molecular weight excluding hydrogens is 432 g/mol.